The van der Waals surface area contributed by atoms with E-state index in [2.05, 4.69) is 36.1 Å². The highest BCUT2D eigenvalue weighted by atomic mass is 16.5. The van der Waals surface area contributed by atoms with Crippen LogP contribution >= 0.6 is 0 Å². The van der Waals surface area contributed by atoms with Crippen LogP contribution in [0.25, 0.3) is 0 Å². The van der Waals surface area contributed by atoms with Gasteiger partial charge in [-0.2, -0.15) is 0 Å². The topological polar surface area (TPSA) is 32.7 Å². The predicted molar refractivity (Wildman–Crippen MR) is 107 cm³/mol. The Labute approximate surface area is 157 Å². The summed E-state index contributed by atoms with van der Waals surface area (Å²) in [6, 6.07) is 18.4. The molecule has 1 N–H and O–H groups in total. The number of unbranched alkanes of at least 4 members (excludes halogenated alkanes) is 1. The van der Waals surface area contributed by atoms with Crippen LogP contribution in [0.3, 0.4) is 0 Å². The van der Waals surface area contributed by atoms with E-state index in [1.165, 1.54) is 18.4 Å². The van der Waals surface area contributed by atoms with Crippen LogP contribution in [0.5, 0.6) is 5.75 Å². The zero-order chi connectivity index (χ0) is 18.2. The average Bonchev–Trinajstić information content (AvgIpc) is 3.20. The van der Waals surface area contributed by atoms with Gasteiger partial charge in [-0.05, 0) is 55.6 Å². The summed E-state index contributed by atoms with van der Waals surface area (Å²) in [4.78, 5) is 2.48. The third-order valence-electron chi connectivity index (χ3n) is 5.25. The zero-order valence-corrected chi connectivity index (χ0v) is 15.8. The van der Waals surface area contributed by atoms with E-state index in [1.54, 1.807) is 0 Å². The number of rotatable bonds is 9. The van der Waals surface area contributed by atoms with Gasteiger partial charge < -0.3 is 14.7 Å². The van der Waals surface area contributed by atoms with Gasteiger partial charge in [-0.3, -0.25) is 0 Å². The molecule has 0 unspecified atom stereocenters. The first-order valence-corrected chi connectivity index (χ1v) is 9.96. The minimum absolute atomic E-state index is 0.0844. The van der Waals surface area contributed by atoms with Gasteiger partial charge in [0, 0.05) is 12.5 Å². The lowest BCUT2D eigenvalue weighted by molar-refractivity contribution is 0.123. The fraction of sp³-hybridized carbons (Fsp3) is 0.478. The number of hydrogen-bond donors (Lipinski definition) is 1. The molecule has 2 atom stereocenters. The van der Waals surface area contributed by atoms with Gasteiger partial charge in [0.1, 0.15) is 5.75 Å². The van der Waals surface area contributed by atoms with Crippen LogP contribution in [0.4, 0.5) is 0 Å². The van der Waals surface area contributed by atoms with Gasteiger partial charge in [-0.25, -0.2) is 0 Å². The second kappa shape index (κ2) is 9.75. The van der Waals surface area contributed by atoms with Crippen LogP contribution in [0.15, 0.2) is 54.6 Å². The van der Waals surface area contributed by atoms with E-state index in [0.717, 1.165) is 50.4 Å². The van der Waals surface area contributed by atoms with Gasteiger partial charge in [0.2, 0.25) is 0 Å². The van der Waals surface area contributed by atoms with Gasteiger partial charge in [0.05, 0.1) is 12.7 Å². The fourth-order valence-corrected chi connectivity index (χ4v) is 3.66. The van der Waals surface area contributed by atoms with Crippen LogP contribution in [0.1, 0.15) is 55.8 Å². The lowest BCUT2D eigenvalue weighted by Crippen LogP contribution is -2.29. The van der Waals surface area contributed by atoms with Gasteiger partial charge in [0.25, 0.3) is 0 Å². The zero-order valence-electron chi connectivity index (χ0n) is 15.8. The smallest absolute Gasteiger partial charge is 0.119 e. The maximum Gasteiger partial charge on any atom is 0.119 e. The van der Waals surface area contributed by atoms with Crippen molar-refractivity contribution in [2.24, 2.45) is 0 Å². The Hall–Kier alpha value is -1.84. The van der Waals surface area contributed by atoms with Crippen molar-refractivity contribution in [3.8, 4) is 5.75 Å². The van der Waals surface area contributed by atoms with E-state index in [1.807, 2.05) is 30.3 Å². The lowest BCUT2D eigenvalue weighted by atomic mass is 9.88. The normalized spacial score (nSPS) is 17.2. The minimum Gasteiger partial charge on any atom is -0.494 e. The Morgan fingerprint density at radius 1 is 0.962 bits per heavy atom. The summed E-state index contributed by atoms with van der Waals surface area (Å²) in [6.45, 7) is 6.09. The molecule has 1 heterocycles. The van der Waals surface area contributed by atoms with Crippen LogP contribution in [0, 0.1) is 0 Å². The molecule has 2 aromatic carbocycles. The predicted octanol–water partition coefficient (Wildman–Crippen LogP) is 4.78. The fourth-order valence-electron chi connectivity index (χ4n) is 3.66. The SMILES string of the molecule is CCCCOc1ccc([C@H](O)[C@@H](CN2CCCC2)c2ccccc2)cc1. The van der Waals surface area contributed by atoms with Crippen LogP contribution in [-0.4, -0.2) is 36.2 Å². The Bertz CT molecular complexity index is 635. The molecule has 3 heteroatoms. The van der Waals surface area contributed by atoms with Crippen molar-refractivity contribution < 1.29 is 9.84 Å². The number of benzene rings is 2. The van der Waals surface area contributed by atoms with Gasteiger partial charge in [-0.1, -0.05) is 55.8 Å². The maximum absolute atomic E-state index is 11.1. The van der Waals surface area contributed by atoms with Crippen LogP contribution < -0.4 is 4.74 Å². The van der Waals surface area contributed by atoms with Crippen molar-refractivity contribution in [2.75, 3.05) is 26.2 Å². The summed E-state index contributed by atoms with van der Waals surface area (Å²) < 4.78 is 5.74. The standard InChI is InChI=1S/C23H31NO2/c1-2-3-17-26-21-13-11-20(12-14-21)23(25)22(18-24-15-7-8-16-24)19-9-5-4-6-10-19/h4-6,9-14,22-23,25H,2-3,7-8,15-18H2,1H3/t22-,23-/m0/s1. The van der Waals surface area contributed by atoms with Gasteiger partial charge >= 0.3 is 0 Å². The second-order valence-corrected chi connectivity index (χ2v) is 7.24. The van der Waals surface area contributed by atoms with Crippen molar-refractivity contribution in [3.05, 3.63) is 65.7 Å². The summed E-state index contributed by atoms with van der Waals surface area (Å²) >= 11 is 0. The first kappa shape index (κ1) is 18.9. The molecule has 140 valence electrons. The lowest BCUT2D eigenvalue weighted by Gasteiger charge is -2.28. The van der Waals surface area contributed by atoms with Gasteiger partial charge in [0.15, 0.2) is 0 Å². The number of hydrogen-bond acceptors (Lipinski definition) is 3. The Kier molecular flexibility index (Phi) is 7.10. The Balaban J connectivity index is 1.72. The summed E-state index contributed by atoms with van der Waals surface area (Å²) in [5.41, 5.74) is 2.16. The molecule has 3 nitrogen and oxygen atoms in total. The van der Waals surface area contributed by atoms with E-state index in [4.69, 9.17) is 4.74 Å². The second-order valence-electron chi connectivity index (χ2n) is 7.24. The third-order valence-corrected chi connectivity index (χ3v) is 5.25. The molecule has 1 aliphatic heterocycles. The molecular formula is C23H31NO2. The van der Waals surface area contributed by atoms with Crippen molar-refractivity contribution in [3.63, 3.8) is 0 Å². The molecule has 2 aromatic rings. The third kappa shape index (κ3) is 5.09. The van der Waals surface area contributed by atoms with Crippen molar-refractivity contribution in [1.29, 1.82) is 0 Å². The molecule has 0 aromatic heterocycles. The number of aliphatic hydroxyl groups excluding tert-OH is 1. The highest BCUT2D eigenvalue weighted by Gasteiger charge is 2.26. The quantitative estimate of drug-likeness (QED) is 0.659. The highest BCUT2D eigenvalue weighted by molar-refractivity contribution is 5.32. The summed E-state index contributed by atoms with van der Waals surface area (Å²) in [5.74, 6) is 0.964. The van der Waals surface area contributed by atoms with Crippen molar-refractivity contribution in [1.82, 2.24) is 4.90 Å². The number of nitrogens with zero attached hydrogens (tertiary/aromatic N) is 1. The minimum atomic E-state index is -0.511. The maximum atomic E-state index is 11.1. The van der Waals surface area contributed by atoms with E-state index in [9.17, 15) is 5.11 Å². The van der Waals surface area contributed by atoms with E-state index >= 15 is 0 Å². The first-order chi connectivity index (χ1) is 12.8. The number of aliphatic hydroxyl groups is 1. The van der Waals surface area contributed by atoms with Gasteiger partial charge in [-0.15, -0.1) is 0 Å². The molecule has 1 aliphatic rings. The van der Waals surface area contributed by atoms with Crippen LogP contribution in [-0.2, 0) is 0 Å². The molecule has 0 spiro atoms. The number of likely N-dealkylation sites (tertiary alicyclic amines) is 1. The Morgan fingerprint density at radius 3 is 2.31 bits per heavy atom. The van der Waals surface area contributed by atoms with Crippen LogP contribution in [0.2, 0.25) is 0 Å². The summed E-state index contributed by atoms with van der Waals surface area (Å²) in [5, 5.41) is 11.1. The van der Waals surface area contributed by atoms with Crippen molar-refractivity contribution in [2.45, 2.75) is 44.6 Å². The van der Waals surface area contributed by atoms with E-state index in [-0.39, 0.29) is 5.92 Å². The largest absolute Gasteiger partial charge is 0.494 e. The van der Waals surface area contributed by atoms with E-state index < -0.39 is 6.10 Å². The average molecular weight is 354 g/mol. The summed E-state index contributed by atoms with van der Waals surface area (Å²) in [7, 11) is 0. The molecule has 0 amide bonds. The molecule has 0 saturated carbocycles. The van der Waals surface area contributed by atoms with Crippen molar-refractivity contribution >= 4 is 0 Å². The highest BCUT2D eigenvalue weighted by Crippen LogP contribution is 2.33. The van der Waals surface area contributed by atoms with E-state index in [0.29, 0.717) is 0 Å². The molecule has 1 fully saturated rings. The number of ether oxygens (including phenoxy) is 1. The molecule has 26 heavy (non-hydrogen) atoms. The molecule has 0 bridgehead atoms. The molecular weight excluding hydrogens is 322 g/mol. The molecule has 1 saturated heterocycles. The Morgan fingerprint density at radius 2 is 1.65 bits per heavy atom. The molecule has 3 rings (SSSR count). The summed E-state index contributed by atoms with van der Waals surface area (Å²) in [6.07, 6.45) is 4.22. The molecule has 0 aliphatic carbocycles. The monoisotopic (exact) mass is 353 g/mol. The molecule has 0 radical (unpaired) electrons. The first-order valence-electron chi connectivity index (χ1n) is 9.96.